The maximum absolute atomic E-state index is 12.3. The molecule has 9 nitrogen and oxygen atoms in total. The summed E-state index contributed by atoms with van der Waals surface area (Å²) in [6, 6.07) is 3.52. The highest BCUT2D eigenvalue weighted by Gasteiger charge is 2.27. The predicted octanol–water partition coefficient (Wildman–Crippen LogP) is 1.84. The fourth-order valence-corrected chi connectivity index (χ4v) is 3.21. The van der Waals surface area contributed by atoms with Gasteiger partial charge in [-0.15, -0.1) is 0 Å². The molecule has 0 bridgehead atoms. The highest BCUT2D eigenvalue weighted by atomic mass is 35.5. The molecule has 0 aromatic carbocycles. The van der Waals surface area contributed by atoms with Crippen molar-refractivity contribution in [3.05, 3.63) is 39.8 Å². The number of aryl methyl sites for hydroxylation is 1. The molecule has 0 spiro atoms. The van der Waals surface area contributed by atoms with E-state index in [9.17, 15) is 14.9 Å². The van der Waals surface area contributed by atoms with E-state index in [1.807, 2.05) is 11.8 Å². The fourth-order valence-electron chi connectivity index (χ4n) is 3.02. The number of nitrogens with one attached hydrogen (secondary N) is 1. The van der Waals surface area contributed by atoms with Gasteiger partial charge in [0, 0.05) is 36.6 Å². The summed E-state index contributed by atoms with van der Waals surface area (Å²) >= 11 is 6.05. The fraction of sp³-hybridized carbons (Fsp3) is 0.467. The van der Waals surface area contributed by atoms with Gasteiger partial charge in [0.2, 0.25) is 0 Å². The van der Waals surface area contributed by atoms with Crippen molar-refractivity contribution in [1.29, 1.82) is 0 Å². The van der Waals surface area contributed by atoms with E-state index >= 15 is 0 Å². The summed E-state index contributed by atoms with van der Waals surface area (Å²) in [7, 11) is 1.63. The molecule has 0 saturated carbocycles. The summed E-state index contributed by atoms with van der Waals surface area (Å²) in [5.41, 5.74) is 1.22. The van der Waals surface area contributed by atoms with Crippen LogP contribution in [-0.2, 0) is 7.05 Å². The van der Waals surface area contributed by atoms with E-state index in [1.165, 1.54) is 14.9 Å². The lowest BCUT2D eigenvalue weighted by Gasteiger charge is -2.31. The number of nitrogens with zero attached hydrogens (tertiary/aromatic N) is 5. The van der Waals surface area contributed by atoms with Crippen molar-refractivity contribution in [3.63, 3.8) is 0 Å². The third-order valence-electron chi connectivity index (χ3n) is 4.48. The Morgan fingerprint density at radius 3 is 2.60 bits per heavy atom. The van der Waals surface area contributed by atoms with E-state index in [1.54, 1.807) is 19.2 Å². The van der Waals surface area contributed by atoms with Crippen LogP contribution in [0.4, 0.5) is 11.8 Å². The van der Waals surface area contributed by atoms with Crippen LogP contribution in [0, 0.1) is 17.0 Å². The van der Waals surface area contributed by atoms with Gasteiger partial charge >= 0.3 is 5.82 Å². The first-order chi connectivity index (χ1) is 11.9. The molecule has 25 heavy (non-hydrogen) atoms. The summed E-state index contributed by atoms with van der Waals surface area (Å²) in [4.78, 5) is 28.9. The lowest BCUT2D eigenvalue weighted by atomic mass is 10.1. The quantitative estimate of drug-likeness (QED) is 0.657. The number of rotatable bonds is 4. The molecule has 1 saturated heterocycles. The highest BCUT2D eigenvalue weighted by Crippen LogP contribution is 2.23. The monoisotopic (exact) mass is 366 g/mol. The van der Waals surface area contributed by atoms with Crippen LogP contribution >= 0.6 is 11.8 Å². The third kappa shape index (κ3) is 3.32. The maximum Gasteiger partial charge on any atom is 0.344 e. The first kappa shape index (κ1) is 17.3. The molecule has 1 fully saturated rings. The number of piperidine rings is 1. The van der Waals surface area contributed by atoms with Gasteiger partial charge in [0.05, 0.1) is 7.05 Å². The number of aromatic nitrogens is 3. The molecule has 0 unspecified atom stereocenters. The molecule has 3 rings (SSSR count). The van der Waals surface area contributed by atoms with Crippen molar-refractivity contribution in [2.75, 3.05) is 18.0 Å². The van der Waals surface area contributed by atoms with Crippen molar-refractivity contribution in [3.8, 4) is 0 Å². The minimum Gasteiger partial charge on any atom is -0.358 e. The van der Waals surface area contributed by atoms with Gasteiger partial charge in [-0.25, -0.2) is 0 Å². The van der Waals surface area contributed by atoms with E-state index in [2.05, 4.69) is 10.3 Å². The SMILES string of the molecule is Cc1ccc(C(=O)NC2CCN(c3ncc([N+](=O)[O-])n3C)CC2)n1Cl. The van der Waals surface area contributed by atoms with Crippen molar-refractivity contribution in [2.45, 2.75) is 25.8 Å². The molecule has 134 valence electrons. The zero-order valence-electron chi connectivity index (χ0n) is 14.0. The smallest absolute Gasteiger partial charge is 0.344 e. The zero-order valence-corrected chi connectivity index (χ0v) is 14.7. The van der Waals surface area contributed by atoms with Crippen LogP contribution in [0.1, 0.15) is 29.0 Å². The molecule has 1 N–H and O–H groups in total. The van der Waals surface area contributed by atoms with E-state index in [-0.39, 0.29) is 17.8 Å². The number of anilines is 1. The molecule has 10 heteroatoms. The topological polar surface area (TPSA) is 98.2 Å². The van der Waals surface area contributed by atoms with Gasteiger partial charge in [0.25, 0.3) is 11.9 Å². The number of amides is 1. The van der Waals surface area contributed by atoms with Crippen LogP contribution < -0.4 is 10.2 Å². The Hall–Kier alpha value is -2.55. The average Bonchev–Trinajstić information content (AvgIpc) is 3.12. The van der Waals surface area contributed by atoms with Crippen LogP contribution in [0.25, 0.3) is 0 Å². The Labute approximate surface area is 149 Å². The van der Waals surface area contributed by atoms with Gasteiger partial charge in [-0.1, -0.05) is 0 Å². The first-order valence-corrected chi connectivity index (χ1v) is 8.28. The van der Waals surface area contributed by atoms with Gasteiger partial charge in [-0.05, 0) is 36.8 Å². The third-order valence-corrected chi connectivity index (χ3v) is 4.92. The Balaban J connectivity index is 1.60. The summed E-state index contributed by atoms with van der Waals surface area (Å²) in [5, 5.41) is 13.9. The standard InChI is InChI=1S/C15H19ClN6O3/c1-10-3-4-12(21(10)16)14(23)18-11-5-7-20(8-6-11)15-17-9-13(19(15)2)22(24)25/h3-4,9,11H,5-8H2,1-2H3,(H,18,23). The van der Waals surface area contributed by atoms with Crippen LogP contribution in [0.5, 0.6) is 0 Å². The molecule has 2 aromatic heterocycles. The first-order valence-electron chi connectivity index (χ1n) is 7.95. The van der Waals surface area contributed by atoms with Gasteiger partial charge in [-0.3, -0.25) is 8.88 Å². The Bertz CT molecular complexity index is 806. The minimum absolute atomic E-state index is 0.0332. The second-order valence-electron chi connectivity index (χ2n) is 6.11. The van der Waals surface area contributed by atoms with Crippen LogP contribution in [0.15, 0.2) is 18.3 Å². The van der Waals surface area contributed by atoms with Crippen molar-refractivity contribution in [1.82, 2.24) is 19.0 Å². The minimum atomic E-state index is -0.452. The zero-order chi connectivity index (χ0) is 18.1. The van der Waals surface area contributed by atoms with Crippen LogP contribution in [-0.4, -0.2) is 43.6 Å². The Morgan fingerprint density at radius 1 is 1.40 bits per heavy atom. The molecule has 0 atom stereocenters. The highest BCUT2D eigenvalue weighted by molar-refractivity contribution is 6.18. The largest absolute Gasteiger partial charge is 0.358 e. The maximum atomic E-state index is 12.3. The number of nitro groups is 1. The number of carbonyl (C=O) groups is 1. The summed E-state index contributed by atoms with van der Waals surface area (Å²) < 4.78 is 2.82. The predicted molar refractivity (Wildman–Crippen MR) is 93.0 cm³/mol. The molecule has 1 aliphatic rings. The molecular weight excluding hydrogens is 348 g/mol. The van der Waals surface area contributed by atoms with E-state index in [4.69, 9.17) is 11.8 Å². The number of hydrogen-bond acceptors (Lipinski definition) is 5. The number of imidazole rings is 1. The molecule has 3 heterocycles. The lowest BCUT2D eigenvalue weighted by molar-refractivity contribution is -0.391. The van der Waals surface area contributed by atoms with E-state index in [0.717, 1.165) is 18.5 Å². The molecular formula is C15H19ClN6O3. The van der Waals surface area contributed by atoms with E-state index in [0.29, 0.717) is 24.7 Å². The Kier molecular flexibility index (Phi) is 4.67. The average molecular weight is 367 g/mol. The van der Waals surface area contributed by atoms with Crippen LogP contribution in [0.3, 0.4) is 0 Å². The number of hydrogen-bond donors (Lipinski definition) is 1. The second kappa shape index (κ2) is 6.75. The van der Waals surface area contributed by atoms with Crippen molar-refractivity contribution >= 4 is 29.5 Å². The number of carbonyl (C=O) groups excluding carboxylic acids is 1. The summed E-state index contributed by atoms with van der Waals surface area (Å²) in [6.07, 6.45) is 2.73. The molecule has 0 aliphatic carbocycles. The molecule has 1 amide bonds. The van der Waals surface area contributed by atoms with E-state index < -0.39 is 4.92 Å². The van der Waals surface area contributed by atoms with Crippen molar-refractivity contribution < 1.29 is 9.72 Å². The van der Waals surface area contributed by atoms with Gasteiger partial charge < -0.3 is 20.3 Å². The summed E-state index contributed by atoms with van der Waals surface area (Å²) in [5.74, 6) is 0.333. The lowest BCUT2D eigenvalue weighted by Crippen LogP contribution is -2.45. The van der Waals surface area contributed by atoms with Gasteiger partial charge in [0.1, 0.15) is 11.9 Å². The normalized spacial score (nSPS) is 15.4. The van der Waals surface area contributed by atoms with Gasteiger partial charge in [-0.2, -0.15) is 9.55 Å². The molecule has 0 radical (unpaired) electrons. The molecule has 2 aromatic rings. The number of halogens is 1. The Morgan fingerprint density at radius 2 is 2.08 bits per heavy atom. The van der Waals surface area contributed by atoms with Crippen molar-refractivity contribution in [2.24, 2.45) is 7.05 Å². The second-order valence-corrected chi connectivity index (χ2v) is 6.45. The van der Waals surface area contributed by atoms with Crippen LogP contribution in [0.2, 0.25) is 0 Å². The van der Waals surface area contributed by atoms with Gasteiger partial charge in [0.15, 0.2) is 0 Å². The molecule has 1 aliphatic heterocycles. The summed E-state index contributed by atoms with van der Waals surface area (Å²) in [6.45, 7) is 3.15.